The van der Waals surface area contributed by atoms with E-state index in [4.69, 9.17) is 5.11 Å². The van der Waals surface area contributed by atoms with Gasteiger partial charge >= 0.3 is 5.97 Å². The fourth-order valence-corrected chi connectivity index (χ4v) is 3.42. The van der Waals surface area contributed by atoms with Crippen LogP contribution in [0.5, 0.6) is 0 Å². The number of nitrogens with one attached hydrogen (secondary N) is 1. The monoisotopic (exact) mass is 410 g/mol. The molecule has 29 heavy (non-hydrogen) atoms. The van der Waals surface area contributed by atoms with E-state index in [0.29, 0.717) is 19.4 Å². The van der Waals surface area contributed by atoms with Crippen molar-refractivity contribution in [3.63, 3.8) is 0 Å². The maximum atomic E-state index is 11.8. The van der Waals surface area contributed by atoms with Crippen molar-refractivity contribution in [2.24, 2.45) is 0 Å². The zero-order valence-electron chi connectivity index (χ0n) is 19.3. The smallest absolute Gasteiger partial charge is 0.320 e. The van der Waals surface area contributed by atoms with Gasteiger partial charge in [0.05, 0.1) is 0 Å². The van der Waals surface area contributed by atoms with E-state index in [1.165, 1.54) is 64.2 Å². The molecular weight excluding hydrogens is 364 g/mol. The first-order valence-electron chi connectivity index (χ1n) is 11.8. The molecule has 2 N–H and O–H groups in total. The molecular formula is C24H46N2O3. The largest absolute Gasteiger partial charge is 0.480 e. The molecule has 0 rings (SSSR count). The van der Waals surface area contributed by atoms with Crippen LogP contribution in [0.3, 0.4) is 0 Å². The number of carboxylic acid groups (broad SMARTS) is 1. The van der Waals surface area contributed by atoms with Crippen molar-refractivity contribution in [1.29, 1.82) is 0 Å². The number of carboxylic acids is 1. The van der Waals surface area contributed by atoms with Gasteiger partial charge in [-0.3, -0.25) is 14.5 Å². The molecule has 0 aliphatic heterocycles. The standard InChI is InChI=1S/C24H46N2O3/c1-4-5-6-7-8-9-10-11-12-13-14-15-16-20-23(27)25-21-18-17-19-22(24(28)29)26(2)3/h15-16,22H,4-14,17-21H2,1-3H3,(H,25,27)(H,28,29)/b16-15+/t22-/m0/s1. The van der Waals surface area contributed by atoms with E-state index >= 15 is 0 Å². The van der Waals surface area contributed by atoms with Crippen LogP contribution >= 0.6 is 0 Å². The third-order valence-corrected chi connectivity index (χ3v) is 5.33. The number of amides is 1. The molecule has 170 valence electrons. The van der Waals surface area contributed by atoms with E-state index in [9.17, 15) is 9.59 Å². The van der Waals surface area contributed by atoms with Gasteiger partial charge in [-0.1, -0.05) is 76.9 Å². The molecule has 0 spiro atoms. The number of aliphatic carboxylic acids is 1. The number of unbranched alkanes of at least 4 members (excludes halogenated alkanes) is 11. The predicted molar refractivity (Wildman–Crippen MR) is 122 cm³/mol. The van der Waals surface area contributed by atoms with Crippen molar-refractivity contribution in [3.05, 3.63) is 12.2 Å². The van der Waals surface area contributed by atoms with E-state index in [2.05, 4.69) is 18.3 Å². The second-order valence-corrected chi connectivity index (χ2v) is 8.31. The fraction of sp³-hybridized carbons (Fsp3) is 0.833. The van der Waals surface area contributed by atoms with Crippen LogP contribution in [0.2, 0.25) is 0 Å². The van der Waals surface area contributed by atoms with Crippen LogP contribution < -0.4 is 5.32 Å². The molecule has 0 unspecified atom stereocenters. The Kier molecular flexibility index (Phi) is 19.0. The van der Waals surface area contributed by atoms with Crippen LogP contribution in [0, 0.1) is 0 Å². The lowest BCUT2D eigenvalue weighted by Gasteiger charge is -2.19. The zero-order chi connectivity index (χ0) is 21.7. The number of rotatable bonds is 20. The number of carbonyl (C=O) groups is 2. The Balaban J connectivity index is 3.46. The maximum Gasteiger partial charge on any atom is 0.320 e. The maximum absolute atomic E-state index is 11.8. The SMILES string of the molecule is CCCCCCCCCCCC/C=C/CC(=O)NCCCC[C@@H](C(=O)O)N(C)C. The Hall–Kier alpha value is -1.36. The van der Waals surface area contributed by atoms with Crippen molar-refractivity contribution >= 4 is 11.9 Å². The Labute approximate surface area is 179 Å². The molecule has 5 nitrogen and oxygen atoms in total. The highest BCUT2D eigenvalue weighted by atomic mass is 16.4. The van der Waals surface area contributed by atoms with E-state index in [0.717, 1.165) is 19.3 Å². The minimum Gasteiger partial charge on any atom is -0.480 e. The minimum absolute atomic E-state index is 0.0479. The normalized spacial score (nSPS) is 12.6. The molecule has 0 fully saturated rings. The summed E-state index contributed by atoms with van der Waals surface area (Å²) in [7, 11) is 3.56. The minimum atomic E-state index is -0.786. The Morgan fingerprint density at radius 3 is 2.00 bits per heavy atom. The second-order valence-electron chi connectivity index (χ2n) is 8.31. The first-order chi connectivity index (χ1) is 14.0. The highest BCUT2D eigenvalue weighted by Crippen LogP contribution is 2.11. The van der Waals surface area contributed by atoms with Gasteiger partial charge in [-0.25, -0.2) is 0 Å². The van der Waals surface area contributed by atoms with E-state index in [-0.39, 0.29) is 5.91 Å². The van der Waals surface area contributed by atoms with Crippen LogP contribution in [0.15, 0.2) is 12.2 Å². The van der Waals surface area contributed by atoms with Crippen molar-refractivity contribution in [1.82, 2.24) is 10.2 Å². The molecule has 0 aromatic carbocycles. The van der Waals surface area contributed by atoms with Crippen LogP contribution in [0.25, 0.3) is 0 Å². The summed E-state index contributed by atoms with van der Waals surface area (Å²) >= 11 is 0. The lowest BCUT2D eigenvalue weighted by Crippen LogP contribution is -2.35. The first kappa shape index (κ1) is 27.6. The van der Waals surface area contributed by atoms with Gasteiger partial charge in [0.15, 0.2) is 0 Å². The van der Waals surface area contributed by atoms with Crippen molar-refractivity contribution in [3.8, 4) is 0 Å². The Bertz CT molecular complexity index is 436. The van der Waals surface area contributed by atoms with Crippen LogP contribution in [0.4, 0.5) is 0 Å². The van der Waals surface area contributed by atoms with Gasteiger partial charge in [-0.05, 0) is 46.2 Å². The number of allylic oxidation sites excluding steroid dienone is 1. The Morgan fingerprint density at radius 2 is 1.45 bits per heavy atom. The highest BCUT2D eigenvalue weighted by molar-refractivity contribution is 5.77. The van der Waals surface area contributed by atoms with E-state index in [1.54, 1.807) is 19.0 Å². The Morgan fingerprint density at radius 1 is 0.862 bits per heavy atom. The van der Waals surface area contributed by atoms with E-state index < -0.39 is 12.0 Å². The number of nitrogens with zero attached hydrogens (tertiary/aromatic N) is 1. The molecule has 0 aromatic heterocycles. The van der Waals surface area contributed by atoms with E-state index in [1.807, 2.05) is 6.08 Å². The van der Waals surface area contributed by atoms with Crippen LogP contribution in [0.1, 0.15) is 103 Å². The first-order valence-corrected chi connectivity index (χ1v) is 11.8. The summed E-state index contributed by atoms with van der Waals surface area (Å²) in [6, 6.07) is -0.445. The molecule has 0 heterocycles. The number of carbonyl (C=O) groups excluding carboxylic acids is 1. The number of hydrogen-bond donors (Lipinski definition) is 2. The summed E-state index contributed by atoms with van der Waals surface area (Å²) in [6.45, 7) is 2.87. The lowest BCUT2D eigenvalue weighted by molar-refractivity contribution is -0.142. The quantitative estimate of drug-likeness (QED) is 0.204. The summed E-state index contributed by atoms with van der Waals surface area (Å²) in [5.41, 5.74) is 0. The topological polar surface area (TPSA) is 69.6 Å². The molecule has 5 heteroatoms. The molecule has 0 bridgehead atoms. The molecule has 0 radical (unpaired) electrons. The van der Waals surface area contributed by atoms with Crippen LogP contribution in [-0.2, 0) is 9.59 Å². The van der Waals surface area contributed by atoms with Crippen molar-refractivity contribution in [2.45, 2.75) is 109 Å². The molecule has 0 saturated carbocycles. The number of likely N-dealkylation sites (N-methyl/N-ethyl adjacent to an activating group) is 1. The van der Waals surface area contributed by atoms with Gasteiger partial charge in [-0.2, -0.15) is 0 Å². The summed E-state index contributed by atoms with van der Waals surface area (Å²) in [5, 5.41) is 12.0. The van der Waals surface area contributed by atoms with Gasteiger partial charge in [0.1, 0.15) is 6.04 Å². The fourth-order valence-electron chi connectivity index (χ4n) is 3.42. The zero-order valence-corrected chi connectivity index (χ0v) is 19.3. The van der Waals surface area contributed by atoms with Gasteiger partial charge in [0, 0.05) is 13.0 Å². The molecule has 1 atom stereocenters. The summed E-state index contributed by atoms with van der Waals surface area (Å²) in [6.07, 6.45) is 21.3. The van der Waals surface area contributed by atoms with Gasteiger partial charge in [0.25, 0.3) is 0 Å². The molecule has 0 aromatic rings. The third kappa shape index (κ3) is 18.4. The predicted octanol–water partition coefficient (Wildman–Crippen LogP) is 5.55. The summed E-state index contributed by atoms with van der Waals surface area (Å²) in [5.74, 6) is -0.738. The number of hydrogen-bond acceptors (Lipinski definition) is 3. The molecule has 0 saturated heterocycles. The lowest BCUT2D eigenvalue weighted by atomic mass is 10.1. The van der Waals surface area contributed by atoms with Crippen molar-refractivity contribution < 1.29 is 14.7 Å². The molecule has 0 aliphatic carbocycles. The van der Waals surface area contributed by atoms with Crippen molar-refractivity contribution in [2.75, 3.05) is 20.6 Å². The van der Waals surface area contributed by atoms with Gasteiger partial charge in [-0.15, -0.1) is 0 Å². The highest BCUT2D eigenvalue weighted by Gasteiger charge is 2.18. The second kappa shape index (κ2) is 19.9. The summed E-state index contributed by atoms with van der Waals surface area (Å²) < 4.78 is 0. The van der Waals surface area contributed by atoms with Gasteiger partial charge in [0.2, 0.25) is 5.91 Å². The average molecular weight is 411 g/mol. The third-order valence-electron chi connectivity index (χ3n) is 5.33. The average Bonchev–Trinajstić information content (AvgIpc) is 2.67. The molecule has 1 amide bonds. The van der Waals surface area contributed by atoms with Crippen LogP contribution in [-0.4, -0.2) is 48.6 Å². The summed E-state index contributed by atoms with van der Waals surface area (Å²) in [4.78, 5) is 24.6. The molecule has 0 aliphatic rings. The van der Waals surface area contributed by atoms with Gasteiger partial charge < -0.3 is 10.4 Å².